The van der Waals surface area contributed by atoms with Crippen molar-refractivity contribution in [2.75, 3.05) is 11.4 Å². The van der Waals surface area contributed by atoms with Crippen molar-refractivity contribution in [3.8, 4) is 0 Å². The van der Waals surface area contributed by atoms with Crippen LogP contribution >= 0.6 is 58.0 Å². The summed E-state index contributed by atoms with van der Waals surface area (Å²) < 4.78 is -1.59. The summed E-state index contributed by atoms with van der Waals surface area (Å²) in [4.78, 5) is 14.1. The fourth-order valence-corrected chi connectivity index (χ4v) is 2.61. The Balaban J connectivity index is 2.23. The van der Waals surface area contributed by atoms with E-state index in [0.717, 1.165) is 5.56 Å². The van der Waals surface area contributed by atoms with Crippen molar-refractivity contribution in [3.05, 3.63) is 64.1 Å². The van der Waals surface area contributed by atoms with Crippen LogP contribution in [-0.4, -0.2) is 16.2 Å². The molecule has 0 saturated carbocycles. The molecule has 0 bridgehead atoms. The highest BCUT2D eigenvalue weighted by Gasteiger charge is 2.28. The molecule has 0 heterocycles. The van der Waals surface area contributed by atoms with E-state index in [4.69, 9.17) is 58.0 Å². The summed E-state index contributed by atoms with van der Waals surface area (Å²) in [7, 11) is 0. The molecule has 0 radical (unpaired) electrons. The molecule has 0 aromatic heterocycles. The van der Waals surface area contributed by atoms with Crippen molar-refractivity contribution in [1.82, 2.24) is 0 Å². The summed E-state index contributed by atoms with van der Waals surface area (Å²) in [6.07, 6.45) is 0.167. The van der Waals surface area contributed by atoms with Crippen LogP contribution in [0.4, 0.5) is 5.69 Å². The smallest absolute Gasteiger partial charge is 0.231 e. The van der Waals surface area contributed by atoms with Gasteiger partial charge in [-0.15, -0.1) is 0 Å². The Labute approximate surface area is 159 Å². The Morgan fingerprint density at radius 3 is 1.83 bits per heavy atom. The standard InChI is InChI=1S/C16H12Cl5NO/c17-12-3-1-11(2-4-12)9-15(23)22(10-16(19,20)21)14-7-5-13(18)6-8-14/h1-8H,9-10H2. The Kier molecular flexibility index (Phi) is 6.47. The fraction of sp³-hybridized carbons (Fsp3) is 0.188. The van der Waals surface area contributed by atoms with Gasteiger partial charge in [0.15, 0.2) is 0 Å². The van der Waals surface area contributed by atoms with Crippen LogP contribution in [0.15, 0.2) is 48.5 Å². The molecule has 2 aromatic rings. The van der Waals surface area contributed by atoms with Gasteiger partial charge in [0.1, 0.15) is 0 Å². The van der Waals surface area contributed by atoms with Crippen molar-refractivity contribution in [2.45, 2.75) is 10.2 Å². The lowest BCUT2D eigenvalue weighted by Gasteiger charge is -2.26. The molecular formula is C16H12Cl5NO. The van der Waals surface area contributed by atoms with Gasteiger partial charge < -0.3 is 4.90 Å². The largest absolute Gasteiger partial charge is 0.308 e. The van der Waals surface area contributed by atoms with Crippen LogP contribution in [0, 0.1) is 0 Å². The normalized spacial score (nSPS) is 11.3. The quantitative estimate of drug-likeness (QED) is 0.570. The number of carbonyl (C=O) groups is 1. The second-order valence-corrected chi connectivity index (χ2v) is 8.26. The zero-order valence-electron chi connectivity index (χ0n) is 11.8. The molecule has 0 unspecified atom stereocenters. The number of anilines is 1. The highest BCUT2D eigenvalue weighted by Crippen LogP contribution is 2.30. The third-order valence-corrected chi connectivity index (χ3v) is 3.91. The topological polar surface area (TPSA) is 20.3 Å². The number of carbonyl (C=O) groups excluding carboxylic acids is 1. The third kappa shape index (κ3) is 6.06. The first kappa shape index (κ1) is 18.7. The minimum atomic E-state index is -1.59. The lowest BCUT2D eigenvalue weighted by Crippen LogP contribution is -2.38. The number of hydrogen-bond acceptors (Lipinski definition) is 1. The number of hydrogen-bond donors (Lipinski definition) is 0. The van der Waals surface area contributed by atoms with Crippen LogP contribution in [0.3, 0.4) is 0 Å². The van der Waals surface area contributed by atoms with Gasteiger partial charge in [0.2, 0.25) is 9.70 Å². The molecule has 2 rings (SSSR count). The molecule has 0 fully saturated rings. The molecule has 0 aliphatic carbocycles. The van der Waals surface area contributed by atoms with E-state index in [0.29, 0.717) is 15.7 Å². The first-order chi connectivity index (χ1) is 10.7. The van der Waals surface area contributed by atoms with E-state index in [1.165, 1.54) is 4.90 Å². The number of halogens is 5. The highest BCUT2D eigenvalue weighted by molar-refractivity contribution is 6.68. The predicted octanol–water partition coefficient (Wildman–Crippen LogP) is 5.94. The van der Waals surface area contributed by atoms with E-state index in [9.17, 15) is 4.79 Å². The predicted molar refractivity (Wildman–Crippen MR) is 99.3 cm³/mol. The van der Waals surface area contributed by atoms with Crippen LogP contribution in [0.1, 0.15) is 5.56 Å². The number of alkyl halides is 3. The average Bonchev–Trinajstić information content (AvgIpc) is 2.47. The van der Waals surface area contributed by atoms with E-state index < -0.39 is 3.79 Å². The van der Waals surface area contributed by atoms with Gasteiger partial charge >= 0.3 is 0 Å². The number of nitrogens with zero attached hydrogens (tertiary/aromatic N) is 1. The number of benzene rings is 2. The molecular weight excluding hydrogens is 399 g/mol. The van der Waals surface area contributed by atoms with Crippen LogP contribution < -0.4 is 4.90 Å². The van der Waals surface area contributed by atoms with Crippen LogP contribution in [0.2, 0.25) is 10.0 Å². The molecule has 0 spiro atoms. The first-order valence-electron chi connectivity index (χ1n) is 6.62. The Morgan fingerprint density at radius 2 is 1.35 bits per heavy atom. The van der Waals surface area contributed by atoms with E-state index in [2.05, 4.69) is 0 Å². The lowest BCUT2D eigenvalue weighted by atomic mass is 10.1. The van der Waals surface area contributed by atoms with E-state index in [1.54, 1.807) is 48.5 Å². The number of rotatable bonds is 4. The summed E-state index contributed by atoms with van der Waals surface area (Å²) in [5.41, 5.74) is 1.43. The van der Waals surface area contributed by atoms with Crippen molar-refractivity contribution in [3.63, 3.8) is 0 Å². The Morgan fingerprint density at radius 1 is 0.870 bits per heavy atom. The van der Waals surface area contributed by atoms with Crippen molar-refractivity contribution in [2.24, 2.45) is 0 Å². The average molecular weight is 412 g/mol. The molecule has 0 aliphatic rings. The molecule has 2 aromatic carbocycles. The van der Waals surface area contributed by atoms with Crippen LogP contribution in [-0.2, 0) is 11.2 Å². The summed E-state index contributed by atoms with van der Waals surface area (Å²) in [6.45, 7) is -0.0638. The number of amides is 1. The molecule has 2 nitrogen and oxygen atoms in total. The maximum absolute atomic E-state index is 12.6. The van der Waals surface area contributed by atoms with Crippen LogP contribution in [0.25, 0.3) is 0 Å². The Hall–Kier alpha value is -0.640. The first-order valence-corrected chi connectivity index (χ1v) is 8.51. The fourth-order valence-electron chi connectivity index (χ4n) is 2.00. The van der Waals surface area contributed by atoms with Gasteiger partial charge in [-0.1, -0.05) is 70.1 Å². The van der Waals surface area contributed by atoms with E-state index in [-0.39, 0.29) is 18.9 Å². The van der Waals surface area contributed by atoms with Crippen molar-refractivity contribution in [1.29, 1.82) is 0 Å². The van der Waals surface area contributed by atoms with Gasteiger partial charge in [-0.2, -0.15) is 0 Å². The summed E-state index contributed by atoms with van der Waals surface area (Å²) in [5.74, 6) is -0.194. The van der Waals surface area contributed by atoms with Crippen molar-refractivity contribution >= 4 is 69.6 Å². The molecule has 0 atom stereocenters. The maximum atomic E-state index is 12.6. The van der Waals surface area contributed by atoms with Gasteiger partial charge in [0.25, 0.3) is 0 Å². The minimum Gasteiger partial charge on any atom is -0.308 e. The van der Waals surface area contributed by atoms with Crippen LogP contribution in [0.5, 0.6) is 0 Å². The third-order valence-electron chi connectivity index (χ3n) is 3.05. The minimum absolute atomic E-state index is 0.0638. The van der Waals surface area contributed by atoms with E-state index >= 15 is 0 Å². The summed E-state index contributed by atoms with van der Waals surface area (Å²) >= 11 is 29.3. The van der Waals surface area contributed by atoms with Gasteiger partial charge in [0.05, 0.1) is 13.0 Å². The lowest BCUT2D eigenvalue weighted by molar-refractivity contribution is -0.118. The SMILES string of the molecule is O=C(Cc1ccc(Cl)cc1)N(CC(Cl)(Cl)Cl)c1ccc(Cl)cc1. The molecule has 0 aliphatic heterocycles. The highest BCUT2D eigenvalue weighted by atomic mass is 35.6. The van der Waals surface area contributed by atoms with Crippen molar-refractivity contribution < 1.29 is 4.79 Å². The molecule has 0 N–H and O–H groups in total. The second kappa shape index (κ2) is 7.96. The second-order valence-electron chi connectivity index (χ2n) is 4.87. The van der Waals surface area contributed by atoms with Gasteiger partial charge in [0, 0.05) is 15.7 Å². The van der Waals surface area contributed by atoms with E-state index in [1.807, 2.05) is 0 Å². The molecule has 23 heavy (non-hydrogen) atoms. The zero-order chi connectivity index (χ0) is 17.0. The molecule has 122 valence electrons. The molecule has 1 amide bonds. The van der Waals surface area contributed by atoms with Gasteiger partial charge in [-0.3, -0.25) is 4.79 Å². The molecule has 0 saturated heterocycles. The monoisotopic (exact) mass is 409 g/mol. The van der Waals surface area contributed by atoms with Gasteiger partial charge in [-0.05, 0) is 42.0 Å². The summed E-state index contributed by atoms with van der Waals surface area (Å²) in [6, 6.07) is 13.8. The summed E-state index contributed by atoms with van der Waals surface area (Å²) in [5, 5.41) is 1.17. The van der Waals surface area contributed by atoms with Gasteiger partial charge in [-0.25, -0.2) is 0 Å². The zero-order valence-corrected chi connectivity index (χ0v) is 15.6. The Bertz CT molecular complexity index is 664. The molecule has 7 heteroatoms. The maximum Gasteiger partial charge on any atom is 0.231 e.